The maximum absolute atomic E-state index is 11.6. The number of carbonyl (C=O) groups excluding carboxylic acids is 1. The van der Waals surface area contributed by atoms with Gasteiger partial charge < -0.3 is 15.7 Å². The fourth-order valence-electron chi connectivity index (χ4n) is 3.21. The molecule has 4 rings (SSSR count). The molecule has 0 spiro atoms. The smallest absolute Gasteiger partial charge is 0.247 e. The second-order valence-corrected chi connectivity index (χ2v) is 7.01. The van der Waals surface area contributed by atoms with Crippen LogP contribution in [0.25, 0.3) is 16.9 Å². The highest BCUT2D eigenvalue weighted by atomic mass is 16.3. The Hall–Kier alpha value is -4.05. The number of aliphatic hydroxyl groups is 1. The van der Waals surface area contributed by atoms with E-state index < -0.39 is 0 Å². The van der Waals surface area contributed by atoms with Crippen molar-refractivity contribution in [2.45, 2.75) is 20.4 Å². The second-order valence-electron chi connectivity index (χ2n) is 7.01. The molecule has 4 aromatic rings. The quantitative estimate of drug-likeness (QED) is 0.394. The molecule has 31 heavy (non-hydrogen) atoms. The lowest BCUT2D eigenvalue weighted by Crippen LogP contribution is -2.08. The van der Waals surface area contributed by atoms with Crippen molar-refractivity contribution in [1.29, 1.82) is 0 Å². The SMILES string of the molecule is C=CC(=O)Nc1cnc2c(c1)c(C)cn2-c1nc(Nc2cnn(CCO)c2)ncc1C. The van der Waals surface area contributed by atoms with Gasteiger partial charge in [0.25, 0.3) is 0 Å². The van der Waals surface area contributed by atoms with Gasteiger partial charge in [0.2, 0.25) is 11.9 Å². The van der Waals surface area contributed by atoms with Crippen LogP contribution in [0.15, 0.2) is 49.7 Å². The van der Waals surface area contributed by atoms with Gasteiger partial charge in [0.1, 0.15) is 11.5 Å². The fraction of sp³-hybridized carbons (Fsp3) is 0.190. The molecule has 0 aliphatic rings. The first-order valence-electron chi connectivity index (χ1n) is 9.64. The highest BCUT2D eigenvalue weighted by molar-refractivity contribution is 6.00. The lowest BCUT2D eigenvalue weighted by Gasteiger charge is -2.10. The molecule has 0 radical (unpaired) electrons. The van der Waals surface area contributed by atoms with E-state index in [0.717, 1.165) is 27.8 Å². The first kappa shape index (κ1) is 20.2. The predicted octanol–water partition coefficient (Wildman–Crippen LogP) is 2.49. The van der Waals surface area contributed by atoms with Crippen molar-refractivity contribution in [3.8, 4) is 5.82 Å². The zero-order valence-corrected chi connectivity index (χ0v) is 17.2. The molecule has 0 bridgehead atoms. The number of fused-ring (bicyclic) bond motifs is 1. The van der Waals surface area contributed by atoms with Gasteiger partial charge in [0.05, 0.1) is 36.9 Å². The highest BCUT2D eigenvalue weighted by Gasteiger charge is 2.14. The van der Waals surface area contributed by atoms with Gasteiger partial charge in [0.15, 0.2) is 0 Å². The number of nitrogens with zero attached hydrogens (tertiary/aromatic N) is 6. The summed E-state index contributed by atoms with van der Waals surface area (Å²) in [6, 6.07) is 1.88. The van der Waals surface area contributed by atoms with E-state index in [1.54, 1.807) is 29.5 Å². The molecule has 0 aliphatic carbocycles. The van der Waals surface area contributed by atoms with Crippen molar-refractivity contribution in [3.63, 3.8) is 0 Å². The summed E-state index contributed by atoms with van der Waals surface area (Å²) < 4.78 is 3.54. The Morgan fingerprint density at radius 1 is 1.16 bits per heavy atom. The molecule has 0 aliphatic heterocycles. The van der Waals surface area contributed by atoms with Gasteiger partial charge in [-0.05, 0) is 31.6 Å². The van der Waals surface area contributed by atoms with Crippen molar-refractivity contribution < 1.29 is 9.90 Å². The number of rotatable bonds is 7. The summed E-state index contributed by atoms with van der Waals surface area (Å²) in [5.41, 5.74) is 3.91. The predicted molar refractivity (Wildman–Crippen MR) is 118 cm³/mol. The van der Waals surface area contributed by atoms with Crippen molar-refractivity contribution in [1.82, 2.24) is 29.3 Å². The molecular formula is C21H22N8O2. The highest BCUT2D eigenvalue weighted by Crippen LogP contribution is 2.26. The normalized spacial score (nSPS) is 10.9. The van der Waals surface area contributed by atoms with Crippen LogP contribution in [0, 0.1) is 13.8 Å². The van der Waals surface area contributed by atoms with Crippen LogP contribution in [0.4, 0.5) is 17.3 Å². The van der Waals surface area contributed by atoms with E-state index in [4.69, 9.17) is 5.11 Å². The molecule has 0 atom stereocenters. The Balaban J connectivity index is 1.69. The van der Waals surface area contributed by atoms with Gasteiger partial charge in [-0.2, -0.15) is 10.1 Å². The molecule has 1 amide bonds. The summed E-state index contributed by atoms with van der Waals surface area (Å²) in [6.07, 6.45) is 9.93. The molecule has 3 N–H and O–H groups in total. The van der Waals surface area contributed by atoms with Crippen LogP contribution in [-0.4, -0.2) is 46.9 Å². The zero-order chi connectivity index (χ0) is 22.0. The first-order chi connectivity index (χ1) is 15.0. The average Bonchev–Trinajstić information content (AvgIpc) is 3.33. The van der Waals surface area contributed by atoms with Gasteiger partial charge in [-0.15, -0.1) is 0 Å². The van der Waals surface area contributed by atoms with E-state index in [0.29, 0.717) is 24.0 Å². The van der Waals surface area contributed by atoms with Crippen molar-refractivity contribution in [3.05, 3.63) is 60.8 Å². The second kappa shape index (κ2) is 8.36. The minimum atomic E-state index is -0.289. The molecule has 4 heterocycles. The van der Waals surface area contributed by atoms with E-state index >= 15 is 0 Å². The van der Waals surface area contributed by atoms with Crippen molar-refractivity contribution >= 4 is 34.3 Å². The topological polar surface area (TPSA) is 123 Å². The van der Waals surface area contributed by atoms with Crippen LogP contribution < -0.4 is 10.6 Å². The minimum Gasteiger partial charge on any atom is -0.394 e. The number of aryl methyl sites for hydroxylation is 2. The Morgan fingerprint density at radius 3 is 2.77 bits per heavy atom. The Labute approximate surface area is 178 Å². The fourth-order valence-corrected chi connectivity index (χ4v) is 3.21. The Kier molecular flexibility index (Phi) is 5.46. The molecule has 158 valence electrons. The number of hydrogen-bond acceptors (Lipinski definition) is 7. The number of nitrogens with one attached hydrogen (secondary N) is 2. The summed E-state index contributed by atoms with van der Waals surface area (Å²) in [5.74, 6) is 0.815. The molecule has 0 aromatic carbocycles. The van der Waals surface area contributed by atoms with Gasteiger partial charge in [-0.3, -0.25) is 14.0 Å². The van der Waals surface area contributed by atoms with E-state index in [1.165, 1.54) is 6.08 Å². The molecular weight excluding hydrogens is 396 g/mol. The van der Waals surface area contributed by atoms with Gasteiger partial charge in [-0.1, -0.05) is 6.58 Å². The lowest BCUT2D eigenvalue weighted by molar-refractivity contribution is -0.111. The summed E-state index contributed by atoms with van der Waals surface area (Å²) >= 11 is 0. The summed E-state index contributed by atoms with van der Waals surface area (Å²) in [6.45, 7) is 7.80. The molecule has 0 saturated carbocycles. The monoisotopic (exact) mass is 418 g/mol. The van der Waals surface area contributed by atoms with Gasteiger partial charge >= 0.3 is 0 Å². The minimum absolute atomic E-state index is 0.0122. The van der Waals surface area contributed by atoms with Crippen LogP contribution in [0.3, 0.4) is 0 Å². The van der Waals surface area contributed by atoms with Crippen LogP contribution in [0.1, 0.15) is 11.1 Å². The summed E-state index contributed by atoms with van der Waals surface area (Å²) in [5, 5.41) is 20.0. The van der Waals surface area contributed by atoms with Crippen LogP contribution in [-0.2, 0) is 11.3 Å². The Morgan fingerprint density at radius 2 is 2.00 bits per heavy atom. The van der Waals surface area contributed by atoms with Crippen LogP contribution in [0.2, 0.25) is 0 Å². The lowest BCUT2D eigenvalue weighted by atomic mass is 10.2. The molecule has 0 unspecified atom stereocenters. The van der Waals surface area contributed by atoms with E-state index in [-0.39, 0.29) is 12.5 Å². The summed E-state index contributed by atoms with van der Waals surface area (Å²) in [4.78, 5) is 25.2. The Bertz CT molecular complexity index is 1270. The van der Waals surface area contributed by atoms with E-state index in [2.05, 4.69) is 37.3 Å². The molecule has 10 nitrogen and oxygen atoms in total. The first-order valence-corrected chi connectivity index (χ1v) is 9.64. The van der Waals surface area contributed by atoms with Gasteiger partial charge in [0, 0.05) is 29.5 Å². The van der Waals surface area contributed by atoms with E-state index in [9.17, 15) is 4.79 Å². The molecule has 10 heteroatoms. The maximum atomic E-state index is 11.6. The molecule has 0 saturated heterocycles. The standard InChI is InChI=1S/C21H22N8O2/c1-4-18(31)25-15-7-17-14(3)11-29(20(17)22-9-15)19-13(2)8-23-21(27-19)26-16-10-24-28(12-16)5-6-30/h4,7-12,30H,1,5-6H2,2-3H3,(H,25,31)(H,23,26,27). The number of aromatic nitrogens is 6. The van der Waals surface area contributed by atoms with Crippen LogP contribution in [0.5, 0.6) is 0 Å². The number of aliphatic hydroxyl groups excluding tert-OH is 1. The summed E-state index contributed by atoms with van der Waals surface area (Å²) in [7, 11) is 0. The number of anilines is 3. The maximum Gasteiger partial charge on any atom is 0.247 e. The van der Waals surface area contributed by atoms with Crippen LogP contribution >= 0.6 is 0 Å². The largest absolute Gasteiger partial charge is 0.394 e. The third-order valence-corrected chi connectivity index (χ3v) is 4.69. The number of pyridine rings is 1. The number of amides is 1. The third-order valence-electron chi connectivity index (χ3n) is 4.69. The molecule has 4 aromatic heterocycles. The third kappa shape index (κ3) is 4.14. The molecule has 0 fully saturated rings. The van der Waals surface area contributed by atoms with Crippen molar-refractivity contribution in [2.75, 3.05) is 17.2 Å². The van der Waals surface area contributed by atoms with E-state index in [1.807, 2.05) is 30.7 Å². The average molecular weight is 418 g/mol. The van der Waals surface area contributed by atoms with Gasteiger partial charge in [-0.25, -0.2) is 9.97 Å². The number of carbonyl (C=O) groups is 1. The number of hydrogen-bond donors (Lipinski definition) is 3. The van der Waals surface area contributed by atoms with Crippen molar-refractivity contribution in [2.24, 2.45) is 0 Å². The zero-order valence-electron chi connectivity index (χ0n) is 17.2.